The van der Waals surface area contributed by atoms with Crippen LogP contribution in [0.5, 0.6) is 11.5 Å². The number of nitro groups is 1. The van der Waals surface area contributed by atoms with E-state index in [-0.39, 0.29) is 42.8 Å². The highest BCUT2D eigenvalue weighted by atomic mass is 35.5. The third-order valence-electron chi connectivity index (χ3n) is 4.15. The SMILES string of the molecule is O=[N+]([O-])c1ccc(Oc2c(Cl)cc(S(=O)(=O)Nc3cccc4nsnc34)cc2Cl)c(Cl)c1. The third kappa shape index (κ3) is 4.43. The molecule has 0 aliphatic heterocycles. The van der Waals surface area contributed by atoms with Crippen molar-refractivity contribution < 1.29 is 18.1 Å². The van der Waals surface area contributed by atoms with Crippen LogP contribution < -0.4 is 9.46 Å². The topological polar surface area (TPSA) is 124 Å². The molecule has 0 aliphatic rings. The number of hydrogen-bond donors (Lipinski definition) is 1. The molecule has 0 saturated carbocycles. The summed E-state index contributed by atoms with van der Waals surface area (Å²) in [4.78, 5) is 10.0. The second-order valence-corrected chi connectivity index (χ2v) is 9.67. The van der Waals surface area contributed by atoms with Crippen molar-refractivity contribution >= 4 is 79.0 Å². The summed E-state index contributed by atoms with van der Waals surface area (Å²) in [6, 6.07) is 10.8. The highest BCUT2D eigenvalue weighted by Gasteiger charge is 2.22. The van der Waals surface area contributed by atoms with Gasteiger partial charge in [0.25, 0.3) is 15.7 Å². The molecular weight excluding hydrogens is 523 g/mol. The zero-order chi connectivity index (χ0) is 23.0. The molecule has 0 atom stereocenters. The number of sulfonamides is 1. The molecule has 9 nitrogen and oxygen atoms in total. The summed E-state index contributed by atoms with van der Waals surface area (Å²) in [5.41, 5.74) is 0.986. The van der Waals surface area contributed by atoms with Crippen LogP contribution in [-0.2, 0) is 10.0 Å². The molecule has 0 saturated heterocycles. The lowest BCUT2D eigenvalue weighted by atomic mass is 10.3. The number of nitro benzene ring substituents is 1. The van der Waals surface area contributed by atoms with Gasteiger partial charge in [-0.2, -0.15) is 8.75 Å². The number of hydrogen-bond acceptors (Lipinski definition) is 8. The Morgan fingerprint density at radius 2 is 1.72 bits per heavy atom. The predicted molar refractivity (Wildman–Crippen MR) is 123 cm³/mol. The van der Waals surface area contributed by atoms with Gasteiger partial charge in [-0.05, 0) is 30.3 Å². The van der Waals surface area contributed by atoms with E-state index in [0.29, 0.717) is 11.0 Å². The van der Waals surface area contributed by atoms with Crippen molar-refractivity contribution in [2.45, 2.75) is 4.90 Å². The van der Waals surface area contributed by atoms with E-state index in [9.17, 15) is 18.5 Å². The predicted octanol–water partition coefficient (Wildman–Crippen LogP) is 6.15. The van der Waals surface area contributed by atoms with Crippen LogP contribution in [-0.4, -0.2) is 22.1 Å². The molecule has 0 fully saturated rings. The molecule has 14 heteroatoms. The Morgan fingerprint density at radius 1 is 1.00 bits per heavy atom. The fourth-order valence-corrected chi connectivity index (χ4v) is 5.25. The van der Waals surface area contributed by atoms with E-state index in [4.69, 9.17) is 39.5 Å². The molecule has 1 N–H and O–H groups in total. The van der Waals surface area contributed by atoms with E-state index < -0.39 is 14.9 Å². The van der Waals surface area contributed by atoms with Gasteiger partial charge in [0.15, 0.2) is 5.75 Å². The molecule has 0 radical (unpaired) electrons. The van der Waals surface area contributed by atoms with E-state index in [2.05, 4.69) is 13.5 Å². The van der Waals surface area contributed by atoms with Crippen LogP contribution in [0, 0.1) is 10.1 Å². The average Bonchev–Trinajstić information content (AvgIpc) is 3.21. The molecule has 32 heavy (non-hydrogen) atoms. The Balaban J connectivity index is 1.65. The minimum atomic E-state index is -4.08. The molecule has 4 aromatic rings. The summed E-state index contributed by atoms with van der Waals surface area (Å²) >= 11 is 19.5. The zero-order valence-corrected chi connectivity index (χ0v) is 19.4. The Morgan fingerprint density at radius 3 is 2.38 bits per heavy atom. The Kier molecular flexibility index (Phi) is 6.10. The fourth-order valence-electron chi connectivity index (χ4n) is 2.68. The first-order chi connectivity index (χ1) is 15.2. The molecule has 4 rings (SSSR count). The van der Waals surface area contributed by atoms with Gasteiger partial charge in [0, 0.05) is 12.1 Å². The molecule has 0 spiro atoms. The quantitative estimate of drug-likeness (QED) is 0.233. The van der Waals surface area contributed by atoms with E-state index >= 15 is 0 Å². The van der Waals surface area contributed by atoms with Crippen molar-refractivity contribution in [3.63, 3.8) is 0 Å². The summed E-state index contributed by atoms with van der Waals surface area (Å²) in [5, 5.41) is 10.6. The van der Waals surface area contributed by atoms with E-state index in [1.54, 1.807) is 18.2 Å². The normalized spacial score (nSPS) is 11.5. The van der Waals surface area contributed by atoms with Crippen molar-refractivity contribution in [2.24, 2.45) is 0 Å². The summed E-state index contributed by atoms with van der Waals surface area (Å²) in [5.74, 6) is -0.00801. The second kappa shape index (κ2) is 8.68. The molecule has 0 bridgehead atoms. The smallest absolute Gasteiger partial charge is 0.271 e. The number of halogens is 3. The summed E-state index contributed by atoms with van der Waals surface area (Å²) in [6.07, 6.45) is 0. The van der Waals surface area contributed by atoms with Crippen molar-refractivity contribution in [1.29, 1.82) is 0 Å². The second-order valence-electron chi connectivity index (χ2n) is 6.23. The number of benzene rings is 3. The molecule has 164 valence electrons. The maximum atomic E-state index is 12.9. The molecule has 0 unspecified atom stereocenters. The molecule has 1 aromatic heterocycles. The maximum Gasteiger partial charge on any atom is 0.271 e. The summed E-state index contributed by atoms with van der Waals surface area (Å²) in [6.45, 7) is 0. The molecule has 0 aliphatic carbocycles. The number of ether oxygens (including phenoxy) is 1. The summed E-state index contributed by atoms with van der Waals surface area (Å²) < 4.78 is 42.0. The van der Waals surface area contributed by atoms with Crippen LogP contribution >= 0.6 is 46.5 Å². The Hall–Kier alpha value is -2.70. The van der Waals surface area contributed by atoms with Gasteiger partial charge in [0.2, 0.25) is 0 Å². The Bertz CT molecular complexity index is 1450. The van der Waals surface area contributed by atoms with Crippen LogP contribution in [0.15, 0.2) is 53.4 Å². The van der Waals surface area contributed by atoms with Gasteiger partial charge < -0.3 is 4.74 Å². The first-order valence-corrected chi connectivity index (χ1v) is 11.9. The average molecular weight is 532 g/mol. The van der Waals surface area contributed by atoms with Gasteiger partial charge >= 0.3 is 0 Å². The highest BCUT2D eigenvalue weighted by Crippen LogP contribution is 2.41. The largest absolute Gasteiger partial charge is 0.453 e. The van der Waals surface area contributed by atoms with Crippen molar-refractivity contribution in [3.05, 3.63) is 73.7 Å². The monoisotopic (exact) mass is 530 g/mol. The molecule has 0 amide bonds. The first-order valence-electron chi connectivity index (χ1n) is 8.50. The number of rotatable bonds is 6. The lowest BCUT2D eigenvalue weighted by Gasteiger charge is -2.13. The van der Waals surface area contributed by atoms with Crippen LogP contribution in [0.2, 0.25) is 15.1 Å². The van der Waals surface area contributed by atoms with Crippen LogP contribution in [0.4, 0.5) is 11.4 Å². The first kappa shape index (κ1) is 22.5. The number of non-ortho nitro benzene ring substituents is 1. The zero-order valence-electron chi connectivity index (χ0n) is 15.5. The molecule has 3 aromatic carbocycles. The van der Waals surface area contributed by atoms with Gasteiger partial charge in [-0.3, -0.25) is 14.8 Å². The van der Waals surface area contributed by atoms with Gasteiger partial charge in [-0.25, -0.2) is 8.42 Å². The number of anilines is 1. The van der Waals surface area contributed by atoms with Crippen molar-refractivity contribution in [1.82, 2.24) is 8.75 Å². The van der Waals surface area contributed by atoms with Crippen molar-refractivity contribution in [2.75, 3.05) is 4.72 Å². The molecular formula is C18H9Cl3N4O5S2. The number of aromatic nitrogens is 2. The maximum absolute atomic E-state index is 12.9. The lowest BCUT2D eigenvalue weighted by molar-refractivity contribution is -0.384. The van der Waals surface area contributed by atoms with Crippen LogP contribution in [0.3, 0.4) is 0 Å². The minimum absolute atomic E-state index is 0.0466. The van der Waals surface area contributed by atoms with E-state index in [0.717, 1.165) is 29.9 Å². The van der Waals surface area contributed by atoms with Gasteiger partial charge in [0.1, 0.15) is 16.8 Å². The van der Waals surface area contributed by atoms with Gasteiger partial charge in [-0.15, -0.1) is 0 Å². The van der Waals surface area contributed by atoms with Gasteiger partial charge in [0.05, 0.1) is 42.3 Å². The van der Waals surface area contributed by atoms with E-state index in [1.165, 1.54) is 12.1 Å². The lowest BCUT2D eigenvalue weighted by Crippen LogP contribution is -2.13. The van der Waals surface area contributed by atoms with Crippen molar-refractivity contribution in [3.8, 4) is 11.5 Å². The number of fused-ring (bicyclic) bond motifs is 1. The number of nitrogens with zero attached hydrogens (tertiary/aromatic N) is 3. The molecule has 1 heterocycles. The summed E-state index contributed by atoms with van der Waals surface area (Å²) in [7, 11) is -4.08. The third-order valence-corrected chi connectivity index (χ3v) is 6.90. The van der Waals surface area contributed by atoms with Crippen LogP contribution in [0.1, 0.15) is 0 Å². The highest BCUT2D eigenvalue weighted by molar-refractivity contribution is 7.92. The Labute approximate surface area is 200 Å². The fraction of sp³-hybridized carbons (Fsp3) is 0. The minimum Gasteiger partial charge on any atom is -0.453 e. The number of nitrogens with one attached hydrogen (secondary N) is 1. The van der Waals surface area contributed by atoms with Gasteiger partial charge in [-0.1, -0.05) is 40.9 Å². The van der Waals surface area contributed by atoms with Crippen LogP contribution in [0.25, 0.3) is 11.0 Å². The standard InChI is InChI=1S/C18H9Cl3N4O5S2/c19-11-6-9(25(26)27)4-5-16(11)30-18-12(20)7-10(8-13(18)21)32(28,29)24-15-3-1-2-14-17(15)23-31-22-14/h1-8,24H. The van der Waals surface area contributed by atoms with E-state index in [1.807, 2.05) is 0 Å².